The van der Waals surface area contributed by atoms with Gasteiger partial charge >= 0.3 is 0 Å². The van der Waals surface area contributed by atoms with Gasteiger partial charge in [0.1, 0.15) is 6.23 Å². The molecular weight excluding hydrogens is 198 g/mol. The minimum absolute atomic E-state index is 0.146. The molecule has 0 rings (SSSR count). The molecule has 0 aromatic heterocycles. The molecule has 5 heteroatoms. The summed E-state index contributed by atoms with van der Waals surface area (Å²) >= 11 is 0. The standard InChI is InChI=1S/C10H19NO4/c1-7(9(14)6-12)4-3-5-10(15)11-8(2)13/h3-4,7-9,12-14H,5-6H2,1-2H3,(H,11,15)/b4-3+/t7-,8-,9-/m1/s1. The summed E-state index contributed by atoms with van der Waals surface area (Å²) in [5, 5.41) is 29.0. The van der Waals surface area contributed by atoms with Crippen molar-refractivity contribution in [2.75, 3.05) is 6.61 Å². The van der Waals surface area contributed by atoms with Crippen LogP contribution in [-0.2, 0) is 4.79 Å². The number of hydrogen-bond acceptors (Lipinski definition) is 4. The predicted molar refractivity (Wildman–Crippen MR) is 55.8 cm³/mol. The van der Waals surface area contributed by atoms with Gasteiger partial charge in [-0.1, -0.05) is 19.1 Å². The number of nitrogens with one attached hydrogen (secondary N) is 1. The van der Waals surface area contributed by atoms with Gasteiger partial charge in [-0.2, -0.15) is 0 Å². The summed E-state index contributed by atoms with van der Waals surface area (Å²) in [6, 6.07) is 0. The Morgan fingerprint density at radius 1 is 1.40 bits per heavy atom. The SMILES string of the molecule is C[C@H](/C=C/CC(=O)N[C@@H](C)O)[C@H](O)CO. The Morgan fingerprint density at radius 2 is 2.00 bits per heavy atom. The highest BCUT2D eigenvalue weighted by molar-refractivity contribution is 5.77. The van der Waals surface area contributed by atoms with Crippen LogP contribution in [0.1, 0.15) is 20.3 Å². The quantitative estimate of drug-likeness (QED) is 0.352. The first-order valence-electron chi connectivity index (χ1n) is 4.90. The fourth-order valence-electron chi connectivity index (χ4n) is 0.976. The molecule has 0 aliphatic carbocycles. The molecule has 0 aromatic rings. The predicted octanol–water partition coefficient (Wildman–Crippen LogP) is -0.623. The zero-order chi connectivity index (χ0) is 11.8. The molecule has 0 aliphatic heterocycles. The molecule has 3 atom stereocenters. The van der Waals surface area contributed by atoms with E-state index in [-0.39, 0.29) is 24.9 Å². The number of aliphatic hydroxyl groups excluding tert-OH is 3. The fraction of sp³-hybridized carbons (Fsp3) is 0.700. The first-order chi connectivity index (χ1) is 6.97. The van der Waals surface area contributed by atoms with Crippen molar-refractivity contribution >= 4 is 5.91 Å². The average Bonchev–Trinajstić information content (AvgIpc) is 2.15. The maximum absolute atomic E-state index is 11.0. The van der Waals surface area contributed by atoms with E-state index in [1.54, 1.807) is 19.1 Å². The lowest BCUT2D eigenvalue weighted by atomic mass is 10.0. The molecule has 0 spiro atoms. The zero-order valence-electron chi connectivity index (χ0n) is 9.05. The number of aliphatic hydroxyl groups is 3. The van der Waals surface area contributed by atoms with Gasteiger partial charge in [0.15, 0.2) is 0 Å². The van der Waals surface area contributed by atoms with Crippen LogP contribution in [0.2, 0.25) is 0 Å². The summed E-state index contributed by atoms with van der Waals surface area (Å²) in [5.41, 5.74) is 0. The molecule has 5 nitrogen and oxygen atoms in total. The number of carbonyl (C=O) groups is 1. The van der Waals surface area contributed by atoms with E-state index < -0.39 is 12.3 Å². The molecule has 0 heterocycles. The van der Waals surface area contributed by atoms with Crippen molar-refractivity contribution in [2.24, 2.45) is 5.92 Å². The van der Waals surface area contributed by atoms with E-state index in [1.165, 1.54) is 6.92 Å². The summed E-state index contributed by atoms with van der Waals surface area (Å²) in [5.74, 6) is -0.485. The third-order valence-corrected chi connectivity index (χ3v) is 1.91. The molecule has 0 aromatic carbocycles. The van der Waals surface area contributed by atoms with Gasteiger partial charge in [-0.3, -0.25) is 4.79 Å². The lowest BCUT2D eigenvalue weighted by Crippen LogP contribution is -2.31. The largest absolute Gasteiger partial charge is 0.394 e. The van der Waals surface area contributed by atoms with Crippen LogP contribution in [-0.4, -0.2) is 40.2 Å². The number of carbonyl (C=O) groups excluding carboxylic acids is 1. The minimum Gasteiger partial charge on any atom is -0.394 e. The topological polar surface area (TPSA) is 89.8 Å². The van der Waals surface area contributed by atoms with Crippen LogP contribution in [0.5, 0.6) is 0 Å². The minimum atomic E-state index is -0.855. The molecule has 0 radical (unpaired) electrons. The molecule has 0 unspecified atom stereocenters. The van der Waals surface area contributed by atoms with Gasteiger partial charge in [0.05, 0.1) is 12.7 Å². The molecule has 1 amide bonds. The highest BCUT2D eigenvalue weighted by Crippen LogP contribution is 2.04. The van der Waals surface area contributed by atoms with E-state index in [2.05, 4.69) is 5.32 Å². The van der Waals surface area contributed by atoms with Gasteiger partial charge in [-0.15, -0.1) is 0 Å². The Bertz CT molecular complexity index is 215. The first kappa shape index (κ1) is 14.1. The van der Waals surface area contributed by atoms with Gasteiger partial charge in [-0.05, 0) is 6.92 Å². The lowest BCUT2D eigenvalue weighted by molar-refractivity contribution is -0.122. The number of rotatable bonds is 6. The van der Waals surface area contributed by atoms with Crippen LogP contribution in [0.15, 0.2) is 12.2 Å². The lowest BCUT2D eigenvalue weighted by Gasteiger charge is -2.11. The Kier molecular flexibility index (Phi) is 6.94. The van der Waals surface area contributed by atoms with Crippen LogP contribution in [0, 0.1) is 5.92 Å². The van der Waals surface area contributed by atoms with Crippen molar-refractivity contribution < 1.29 is 20.1 Å². The summed E-state index contributed by atoms with van der Waals surface area (Å²) < 4.78 is 0. The van der Waals surface area contributed by atoms with E-state index in [1.807, 2.05) is 0 Å². The number of amides is 1. The molecule has 0 saturated heterocycles. The fourth-order valence-corrected chi connectivity index (χ4v) is 0.976. The average molecular weight is 217 g/mol. The highest BCUT2D eigenvalue weighted by atomic mass is 16.3. The summed E-state index contributed by atoms with van der Waals surface area (Å²) in [4.78, 5) is 11.0. The second kappa shape index (κ2) is 7.39. The molecule has 15 heavy (non-hydrogen) atoms. The maximum atomic E-state index is 11.0. The van der Waals surface area contributed by atoms with Crippen molar-refractivity contribution in [3.05, 3.63) is 12.2 Å². The molecule has 4 N–H and O–H groups in total. The normalized spacial score (nSPS) is 17.4. The smallest absolute Gasteiger partial charge is 0.225 e. The van der Waals surface area contributed by atoms with E-state index in [0.29, 0.717) is 0 Å². The van der Waals surface area contributed by atoms with Crippen LogP contribution in [0.25, 0.3) is 0 Å². The summed E-state index contributed by atoms with van der Waals surface area (Å²) in [6.07, 6.45) is 1.74. The Hall–Kier alpha value is -0.910. The van der Waals surface area contributed by atoms with E-state index in [0.717, 1.165) is 0 Å². The molecule has 0 saturated carbocycles. The van der Waals surface area contributed by atoms with Crippen molar-refractivity contribution in [3.63, 3.8) is 0 Å². The van der Waals surface area contributed by atoms with Crippen LogP contribution in [0.4, 0.5) is 0 Å². The maximum Gasteiger partial charge on any atom is 0.225 e. The van der Waals surface area contributed by atoms with Gasteiger partial charge in [0, 0.05) is 12.3 Å². The first-order valence-corrected chi connectivity index (χ1v) is 4.90. The summed E-state index contributed by atoms with van der Waals surface area (Å²) in [7, 11) is 0. The van der Waals surface area contributed by atoms with E-state index in [9.17, 15) is 9.90 Å². The van der Waals surface area contributed by atoms with Crippen molar-refractivity contribution in [2.45, 2.75) is 32.6 Å². The highest BCUT2D eigenvalue weighted by Gasteiger charge is 2.09. The van der Waals surface area contributed by atoms with E-state index in [4.69, 9.17) is 10.2 Å². The van der Waals surface area contributed by atoms with Crippen molar-refractivity contribution in [1.82, 2.24) is 5.32 Å². The van der Waals surface area contributed by atoms with Gasteiger partial charge in [-0.25, -0.2) is 0 Å². The summed E-state index contributed by atoms with van der Waals surface area (Å²) in [6.45, 7) is 2.90. The van der Waals surface area contributed by atoms with Crippen LogP contribution in [0.3, 0.4) is 0 Å². The Balaban J connectivity index is 3.83. The zero-order valence-corrected chi connectivity index (χ0v) is 9.05. The molecule has 0 aliphatic rings. The number of hydrogen-bond donors (Lipinski definition) is 4. The third kappa shape index (κ3) is 7.07. The second-order valence-electron chi connectivity index (χ2n) is 3.48. The van der Waals surface area contributed by atoms with E-state index >= 15 is 0 Å². The van der Waals surface area contributed by atoms with Gasteiger partial charge in [0.25, 0.3) is 0 Å². The van der Waals surface area contributed by atoms with Crippen LogP contribution >= 0.6 is 0 Å². The third-order valence-electron chi connectivity index (χ3n) is 1.91. The Morgan fingerprint density at radius 3 is 2.47 bits per heavy atom. The molecule has 88 valence electrons. The monoisotopic (exact) mass is 217 g/mol. The second-order valence-corrected chi connectivity index (χ2v) is 3.48. The van der Waals surface area contributed by atoms with Gasteiger partial charge < -0.3 is 20.6 Å². The Labute approximate surface area is 89.4 Å². The van der Waals surface area contributed by atoms with Crippen molar-refractivity contribution in [1.29, 1.82) is 0 Å². The van der Waals surface area contributed by atoms with Crippen molar-refractivity contribution in [3.8, 4) is 0 Å². The molecule has 0 bridgehead atoms. The molecular formula is C10H19NO4. The van der Waals surface area contributed by atoms with Crippen LogP contribution < -0.4 is 5.32 Å². The van der Waals surface area contributed by atoms with Gasteiger partial charge in [0.2, 0.25) is 5.91 Å². The molecule has 0 fully saturated rings.